The molecule has 6 nitrogen and oxygen atoms in total. The fourth-order valence-electron chi connectivity index (χ4n) is 4.25. The Morgan fingerprint density at radius 3 is 2.87 bits per heavy atom. The molecule has 1 saturated heterocycles. The van der Waals surface area contributed by atoms with E-state index in [1.165, 1.54) is 24.8 Å². The zero-order chi connectivity index (χ0) is 21.3. The molecule has 2 aliphatic heterocycles. The van der Waals surface area contributed by atoms with E-state index in [1.54, 1.807) is 5.57 Å². The number of allylic oxidation sites excluding steroid dienone is 2. The normalized spacial score (nSPS) is 21.9. The average Bonchev–Trinajstić information content (AvgIpc) is 2.77. The molecule has 30 heavy (non-hydrogen) atoms. The van der Waals surface area contributed by atoms with Gasteiger partial charge < -0.3 is 20.5 Å². The minimum absolute atomic E-state index is 0.236. The van der Waals surface area contributed by atoms with Crippen LogP contribution < -0.4 is 0 Å². The lowest BCUT2D eigenvalue weighted by Gasteiger charge is -2.35. The third-order valence-electron chi connectivity index (χ3n) is 6.15. The smallest absolute Gasteiger partial charge is 0.166 e. The molecular weight excluding hydrogens is 374 g/mol. The van der Waals surface area contributed by atoms with Crippen molar-refractivity contribution in [2.24, 2.45) is 21.8 Å². The summed E-state index contributed by atoms with van der Waals surface area (Å²) in [5, 5.41) is 15.0. The monoisotopic (exact) mass is 411 g/mol. The molecule has 0 aromatic carbocycles. The van der Waals surface area contributed by atoms with Crippen molar-refractivity contribution in [1.29, 1.82) is 10.8 Å². The molecule has 3 aliphatic rings. The number of ether oxygens (including phenoxy) is 1. The Balaban J connectivity index is 1.49. The number of hydrogen-bond acceptors (Lipinski definition) is 6. The SMILES string of the molecule is CC(C)C1=CC(=NCC2CCN(C3=NCCC=C3OCC(=N)CC=N)CC2)CCC1. The number of nitrogens with zero attached hydrogens (tertiary/aromatic N) is 3. The van der Waals surface area contributed by atoms with E-state index in [2.05, 4.69) is 30.9 Å². The summed E-state index contributed by atoms with van der Waals surface area (Å²) in [6, 6.07) is 0. The molecule has 0 aromatic heterocycles. The fourth-order valence-corrected chi connectivity index (χ4v) is 4.25. The summed E-state index contributed by atoms with van der Waals surface area (Å²) >= 11 is 0. The summed E-state index contributed by atoms with van der Waals surface area (Å²) in [4.78, 5) is 12.0. The van der Waals surface area contributed by atoms with Gasteiger partial charge in [0.2, 0.25) is 0 Å². The van der Waals surface area contributed by atoms with E-state index in [1.807, 2.05) is 0 Å². The predicted octanol–water partition coefficient (Wildman–Crippen LogP) is 4.67. The molecule has 6 heteroatoms. The molecule has 1 fully saturated rings. The molecule has 0 bridgehead atoms. The molecule has 0 unspecified atom stereocenters. The van der Waals surface area contributed by atoms with Crippen LogP contribution in [0, 0.1) is 22.7 Å². The lowest BCUT2D eigenvalue weighted by Crippen LogP contribution is -2.41. The summed E-state index contributed by atoms with van der Waals surface area (Å²) in [7, 11) is 0. The van der Waals surface area contributed by atoms with Gasteiger partial charge in [0.15, 0.2) is 11.6 Å². The number of hydrogen-bond donors (Lipinski definition) is 2. The Morgan fingerprint density at radius 1 is 1.33 bits per heavy atom. The van der Waals surface area contributed by atoms with Gasteiger partial charge in [0, 0.05) is 44.5 Å². The van der Waals surface area contributed by atoms with Crippen molar-refractivity contribution in [2.75, 3.05) is 32.8 Å². The number of piperidine rings is 1. The number of dihydropyridines is 1. The first-order valence-electron chi connectivity index (χ1n) is 11.5. The van der Waals surface area contributed by atoms with Gasteiger partial charge in [-0.05, 0) is 62.5 Å². The molecule has 164 valence electrons. The number of likely N-dealkylation sites (tertiary alicyclic amines) is 1. The van der Waals surface area contributed by atoms with Crippen molar-refractivity contribution in [3.63, 3.8) is 0 Å². The lowest BCUT2D eigenvalue weighted by atomic mass is 9.90. The van der Waals surface area contributed by atoms with E-state index in [4.69, 9.17) is 25.5 Å². The van der Waals surface area contributed by atoms with Crippen LogP contribution in [0.25, 0.3) is 0 Å². The second-order valence-corrected chi connectivity index (χ2v) is 8.85. The van der Waals surface area contributed by atoms with Crippen LogP contribution in [0.3, 0.4) is 0 Å². The molecule has 1 aliphatic carbocycles. The molecule has 0 aromatic rings. The largest absolute Gasteiger partial charge is 0.484 e. The minimum Gasteiger partial charge on any atom is -0.484 e. The fraction of sp³-hybridized carbons (Fsp3) is 0.667. The third kappa shape index (κ3) is 6.38. The molecule has 2 N–H and O–H groups in total. The van der Waals surface area contributed by atoms with E-state index in [0.717, 1.165) is 63.5 Å². The van der Waals surface area contributed by atoms with E-state index in [9.17, 15) is 0 Å². The van der Waals surface area contributed by atoms with Gasteiger partial charge in [0.25, 0.3) is 0 Å². The van der Waals surface area contributed by atoms with Crippen molar-refractivity contribution in [3.05, 3.63) is 23.5 Å². The highest BCUT2D eigenvalue weighted by Gasteiger charge is 2.25. The average molecular weight is 412 g/mol. The van der Waals surface area contributed by atoms with Crippen molar-refractivity contribution < 1.29 is 4.74 Å². The zero-order valence-electron chi connectivity index (χ0n) is 18.6. The number of nitrogens with one attached hydrogen (secondary N) is 2. The van der Waals surface area contributed by atoms with Crippen molar-refractivity contribution >= 4 is 23.5 Å². The standard InChI is InChI=1S/C24H37N5O/c1-18(2)20-5-3-6-22(15-20)28-16-19-9-13-29(14-10-19)24-23(7-4-12-27-24)30-17-21(26)8-11-25/h7,11,15,18-19,25-26H,3-6,8-10,12-14,16-17H2,1-2H3. The summed E-state index contributed by atoms with van der Waals surface area (Å²) in [5.41, 5.74) is 3.28. The molecule has 3 rings (SSSR count). The van der Waals surface area contributed by atoms with Gasteiger partial charge in [-0.3, -0.25) is 9.98 Å². The van der Waals surface area contributed by atoms with E-state index in [0.29, 0.717) is 24.0 Å². The van der Waals surface area contributed by atoms with Crippen LogP contribution in [0.4, 0.5) is 0 Å². The molecule has 0 atom stereocenters. The van der Waals surface area contributed by atoms with Gasteiger partial charge in [-0.25, -0.2) is 0 Å². The van der Waals surface area contributed by atoms with Crippen molar-refractivity contribution in [1.82, 2.24) is 4.90 Å². The molecular formula is C24H37N5O. The Bertz CT molecular complexity index is 739. The Hall–Kier alpha value is -2.24. The lowest BCUT2D eigenvalue weighted by molar-refractivity contribution is 0.237. The Morgan fingerprint density at radius 2 is 2.13 bits per heavy atom. The third-order valence-corrected chi connectivity index (χ3v) is 6.15. The van der Waals surface area contributed by atoms with Crippen LogP contribution in [-0.4, -0.2) is 61.2 Å². The number of amidine groups is 1. The Labute approximate surface area is 181 Å². The van der Waals surface area contributed by atoms with Crippen molar-refractivity contribution in [3.8, 4) is 0 Å². The highest BCUT2D eigenvalue weighted by atomic mass is 16.5. The summed E-state index contributed by atoms with van der Waals surface area (Å²) in [5.74, 6) is 3.03. The molecule has 0 radical (unpaired) electrons. The van der Waals surface area contributed by atoms with Gasteiger partial charge in [-0.1, -0.05) is 19.4 Å². The maximum Gasteiger partial charge on any atom is 0.166 e. The van der Waals surface area contributed by atoms with Crippen LogP contribution in [0.15, 0.2) is 33.5 Å². The van der Waals surface area contributed by atoms with Crippen LogP contribution in [0.5, 0.6) is 0 Å². The summed E-state index contributed by atoms with van der Waals surface area (Å²) in [6.07, 6.45) is 12.8. The van der Waals surface area contributed by atoms with Gasteiger partial charge >= 0.3 is 0 Å². The first-order valence-corrected chi connectivity index (χ1v) is 11.5. The quantitative estimate of drug-likeness (QED) is 0.569. The van der Waals surface area contributed by atoms with Crippen LogP contribution in [0.2, 0.25) is 0 Å². The zero-order valence-corrected chi connectivity index (χ0v) is 18.6. The summed E-state index contributed by atoms with van der Waals surface area (Å²) < 4.78 is 5.88. The maximum atomic E-state index is 7.84. The minimum atomic E-state index is 0.236. The van der Waals surface area contributed by atoms with Crippen LogP contribution in [-0.2, 0) is 4.74 Å². The highest BCUT2D eigenvalue weighted by Crippen LogP contribution is 2.25. The number of rotatable bonds is 8. The predicted molar refractivity (Wildman–Crippen MR) is 125 cm³/mol. The highest BCUT2D eigenvalue weighted by molar-refractivity contribution is 5.98. The van der Waals surface area contributed by atoms with Crippen LogP contribution >= 0.6 is 0 Å². The molecule has 0 spiro atoms. The first-order chi connectivity index (χ1) is 14.6. The molecule has 0 saturated carbocycles. The van der Waals surface area contributed by atoms with Crippen LogP contribution in [0.1, 0.15) is 58.8 Å². The van der Waals surface area contributed by atoms with Crippen molar-refractivity contribution in [2.45, 2.75) is 58.8 Å². The second kappa shape index (κ2) is 11.2. The topological polar surface area (TPSA) is 84.9 Å². The second-order valence-electron chi connectivity index (χ2n) is 8.85. The van der Waals surface area contributed by atoms with Gasteiger partial charge in [-0.15, -0.1) is 0 Å². The van der Waals surface area contributed by atoms with Gasteiger partial charge in [-0.2, -0.15) is 0 Å². The van der Waals surface area contributed by atoms with Gasteiger partial charge in [0.1, 0.15) is 6.61 Å². The van der Waals surface area contributed by atoms with E-state index >= 15 is 0 Å². The molecule has 0 amide bonds. The van der Waals surface area contributed by atoms with Gasteiger partial charge in [0.05, 0.1) is 5.71 Å². The number of aliphatic imine (C=N–C) groups is 2. The molecule has 2 heterocycles. The Kier molecular flexibility index (Phi) is 8.40. The maximum absolute atomic E-state index is 7.84. The summed E-state index contributed by atoms with van der Waals surface area (Å²) in [6.45, 7) is 8.51. The van der Waals surface area contributed by atoms with E-state index < -0.39 is 0 Å². The first kappa shape index (κ1) is 22.4. The van der Waals surface area contributed by atoms with E-state index in [-0.39, 0.29) is 6.61 Å².